The predicted molar refractivity (Wildman–Crippen MR) is 82.7 cm³/mol. The molecule has 0 radical (unpaired) electrons. The zero-order valence-corrected chi connectivity index (χ0v) is 12.9. The Morgan fingerprint density at radius 2 is 2.00 bits per heavy atom. The van der Waals surface area contributed by atoms with Crippen molar-refractivity contribution in [3.63, 3.8) is 0 Å². The van der Waals surface area contributed by atoms with Gasteiger partial charge in [-0.25, -0.2) is 5.01 Å². The fourth-order valence-corrected chi connectivity index (χ4v) is 3.95. The fourth-order valence-electron chi connectivity index (χ4n) is 3.95. The molecule has 118 valence electrons. The van der Waals surface area contributed by atoms with E-state index in [1.54, 1.807) is 0 Å². The van der Waals surface area contributed by atoms with Crippen LogP contribution in [0.3, 0.4) is 0 Å². The van der Waals surface area contributed by atoms with Crippen LogP contribution in [0.2, 0.25) is 0 Å². The number of fused-ring (bicyclic) bond motifs is 2. The molecule has 2 heterocycles. The van der Waals surface area contributed by atoms with Crippen molar-refractivity contribution in [1.82, 2.24) is 10.4 Å². The minimum absolute atomic E-state index is 0.228. The van der Waals surface area contributed by atoms with Crippen molar-refractivity contribution in [2.24, 2.45) is 11.3 Å². The second-order valence-corrected chi connectivity index (χ2v) is 7.02. The highest BCUT2D eigenvalue weighted by Crippen LogP contribution is 2.53. The van der Waals surface area contributed by atoms with Gasteiger partial charge in [0.1, 0.15) is 0 Å². The molecule has 2 aliphatic heterocycles. The van der Waals surface area contributed by atoms with Gasteiger partial charge in [-0.1, -0.05) is 31.4 Å². The maximum atomic E-state index is 11.7. The maximum absolute atomic E-state index is 11.7. The largest absolute Gasteiger partial charge is 0.481 e. The molecule has 3 rings (SSSR count). The molecule has 0 bridgehead atoms. The number of carboxylic acid groups (broad SMARTS) is 1. The Labute approximate surface area is 127 Å². The van der Waals surface area contributed by atoms with Crippen molar-refractivity contribution in [2.45, 2.75) is 63.8 Å². The third kappa shape index (κ3) is 3.32. The molecule has 0 aromatic heterocycles. The lowest BCUT2D eigenvalue weighted by atomic mass is 10.0. The van der Waals surface area contributed by atoms with Crippen LogP contribution < -0.4 is 5.43 Å². The topological polar surface area (TPSA) is 52.6 Å². The molecule has 1 saturated carbocycles. The zero-order valence-electron chi connectivity index (χ0n) is 12.9. The third-order valence-electron chi connectivity index (χ3n) is 5.56. The number of allylic oxidation sites excluding steroid dienone is 2. The first-order valence-corrected chi connectivity index (χ1v) is 8.62. The molecule has 3 aliphatic rings. The van der Waals surface area contributed by atoms with Crippen molar-refractivity contribution in [3.05, 3.63) is 12.2 Å². The highest BCUT2D eigenvalue weighted by molar-refractivity contribution is 5.79. The molecule has 2 N–H and O–H groups in total. The number of rotatable bonds is 1. The van der Waals surface area contributed by atoms with E-state index in [0.717, 1.165) is 19.4 Å². The van der Waals surface area contributed by atoms with E-state index in [1.165, 1.54) is 44.9 Å². The van der Waals surface area contributed by atoms with Gasteiger partial charge in [0.15, 0.2) is 0 Å². The normalized spacial score (nSPS) is 38.3. The van der Waals surface area contributed by atoms with Crippen LogP contribution in [0, 0.1) is 11.3 Å². The van der Waals surface area contributed by atoms with Crippen LogP contribution in [0.25, 0.3) is 0 Å². The van der Waals surface area contributed by atoms with Crippen molar-refractivity contribution in [2.75, 3.05) is 13.1 Å². The first-order chi connectivity index (χ1) is 10.2. The van der Waals surface area contributed by atoms with E-state index < -0.39 is 11.4 Å². The van der Waals surface area contributed by atoms with Gasteiger partial charge in [0.05, 0.1) is 5.41 Å². The highest BCUT2D eigenvalue weighted by Gasteiger charge is 2.59. The SMILES string of the molecule is O=C(O)C12CNN3CCCC3CCCCCCC=CC1C2. The number of hydrogen-bond acceptors (Lipinski definition) is 3. The lowest BCUT2D eigenvalue weighted by Crippen LogP contribution is -2.46. The van der Waals surface area contributed by atoms with E-state index in [1.807, 2.05) is 0 Å². The molecular weight excluding hydrogens is 264 g/mol. The number of nitrogens with one attached hydrogen (secondary N) is 1. The summed E-state index contributed by atoms with van der Waals surface area (Å²) in [6.45, 7) is 1.66. The summed E-state index contributed by atoms with van der Waals surface area (Å²) in [5.41, 5.74) is 2.92. The fraction of sp³-hybridized carbons (Fsp3) is 0.824. The molecule has 0 aromatic carbocycles. The summed E-state index contributed by atoms with van der Waals surface area (Å²) in [5.74, 6) is -0.404. The minimum Gasteiger partial charge on any atom is -0.481 e. The number of carboxylic acids is 1. The van der Waals surface area contributed by atoms with Crippen LogP contribution in [-0.4, -0.2) is 35.2 Å². The summed E-state index contributed by atoms with van der Waals surface area (Å²) < 4.78 is 0. The van der Waals surface area contributed by atoms with E-state index in [9.17, 15) is 9.90 Å². The Morgan fingerprint density at radius 1 is 1.19 bits per heavy atom. The van der Waals surface area contributed by atoms with Gasteiger partial charge in [-0.15, -0.1) is 0 Å². The number of carbonyl (C=O) groups is 1. The minimum atomic E-state index is -0.632. The molecule has 0 amide bonds. The lowest BCUT2D eigenvalue weighted by Gasteiger charge is -2.27. The Hall–Kier alpha value is -0.870. The molecule has 2 fully saturated rings. The van der Waals surface area contributed by atoms with Crippen molar-refractivity contribution < 1.29 is 9.90 Å². The molecule has 3 atom stereocenters. The van der Waals surface area contributed by atoms with E-state index >= 15 is 0 Å². The molecule has 1 aliphatic carbocycles. The lowest BCUT2D eigenvalue weighted by molar-refractivity contribution is -0.144. The summed E-state index contributed by atoms with van der Waals surface area (Å²) in [6.07, 6.45) is 15.2. The van der Waals surface area contributed by atoms with Gasteiger partial charge in [-0.05, 0) is 44.4 Å². The molecule has 1 saturated heterocycles. The first-order valence-electron chi connectivity index (χ1n) is 8.62. The average molecular weight is 292 g/mol. The van der Waals surface area contributed by atoms with E-state index in [-0.39, 0.29) is 5.92 Å². The van der Waals surface area contributed by atoms with Gasteiger partial charge in [0.25, 0.3) is 0 Å². The van der Waals surface area contributed by atoms with Crippen LogP contribution in [0.5, 0.6) is 0 Å². The Bertz CT molecular complexity index is 410. The van der Waals surface area contributed by atoms with Gasteiger partial charge in [-0.3, -0.25) is 10.2 Å². The Kier molecular flexibility index (Phi) is 4.65. The zero-order chi connectivity index (χ0) is 14.7. The summed E-state index contributed by atoms with van der Waals surface area (Å²) in [6, 6.07) is 0.617. The van der Waals surface area contributed by atoms with E-state index in [0.29, 0.717) is 12.6 Å². The van der Waals surface area contributed by atoms with E-state index in [4.69, 9.17) is 0 Å². The third-order valence-corrected chi connectivity index (χ3v) is 5.56. The van der Waals surface area contributed by atoms with Crippen molar-refractivity contribution in [1.29, 1.82) is 0 Å². The average Bonchev–Trinajstić information content (AvgIpc) is 3.00. The number of hydrazine groups is 1. The first kappa shape index (κ1) is 15.0. The van der Waals surface area contributed by atoms with Crippen molar-refractivity contribution >= 4 is 5.97 Å². The highest BCUT2D eigenvalue weighted by atomic mass is 16.4. The number of hydrogen-bond donors (Lipinski definition) is 2. The second kappa shape index (κ2) is 6.49. The Balaban J connectivity index is 1.66. The Morgan fingerprint density at radius 3 is 2.86 bits per heavy atom. The van der Waals surface area contributed by atoms with Crippen molar-refractivity contribution in [3.8, 4) is 0 Å². The molecule has 0 spiro atoms. The molecule has 3 unspecified atom stereocenters. The van der Waals surface area contributed by atoms with Crippen LogP contribution in [0.4, 0.5) is 0 Å². The monoisotopic (exact) mass is 292 g/mol. The van der Waals surface area contributed by atoms with Crippen LogP contribution in [0.15, 0.2) is 12.2 Å². The summed E-state index contributed by atoms with van der Waals surface area (Å²) in [7, 11) is 0. The summed E-state index contributed by atoms with van der Waals surface area (Å²) in [5, 5.41) is 11.9. The summed E-state index contributed by atoms with van der Waals surface area (Å²) in [4.78, 5) is 11.7. The van der Waals surface area contributed by atoms with Gasteiger partial charge in [0, 0.05) is 19.1 Å². The van der Waals surface area contributed by atoms with E-state index in [2.05, 4.69) is 22.6 Å². The molecule has 21 heavy (non-hydrogen) atoms. The molecule has 4 nitrogen and oxygen atoms in total. The molecule has 4 heteroatoms. The molecular formula is C17H28N2O2. The number of nitrogens with zero attached hydrogens (tertiary/aromatic N) is 1. The predicted octanol–water partition coefficient (Wildman–Crippen LogP) is 2.96. The van der Waals surface area contributed by atoms with Gasteiger partial charge in [0.2, 0.25) is 0 Å². The smallest absolute Gasteiger partial charge is 0.311 e. The summed E-state index contributed by atoms with van der Waals surface area (Å²) >= 11 is 0. The van der Waals surface area contributed by atoms with Crippen LogP contribution >= 0.6 is 0 Å². The maximum Gasteiger partial charge on any atom is 0.311 e. The quantitative estimate of drug-likeness (QED) is 0.730. The standard InChI is InChI=1S/C17H28N2O2/c20-16(21)17-12-14(17)8-5-3-1-2-4-6-9-15-10-7-11-19(15)18-13-17/h5,8,14-15,18H,1-4,6-7,9-13H2,(H,20,21). The van der Waals surface area contributed by atoms with Gasteiger partial charge < -0.3 is 5.11 Å². The number of aliphatic carboxylic acids is 1. The van der Waals surface area contributed by atoms with Crippen LogP contribution in [-0.2, 0) is 4.79 Å². The molecule has 0 aromatic rings. The van der Waals surface area contributed by atoms with Gasteiger partial charge >= 0.3 is 5.97 Å². The van der Waals surface area contributed by atoms with Gasteiger partial charge in [-0.2, -0.15) is 0 Å². The second-order valence-electron chi connectivity index (χ2n) is 7.02. The van der Waals surface area contributed by atoms with Crippen LogP contribution in [0.1, 0.15) is 57.8 Å².